The SMILES string of the molecule is O=C(O)C1CCCCCCN1C(=O)Nc1cnns1. The first kappa shape index (κ1) is 13.7. The highest BCUT2D eigenvalue weighted by atomic mass is 32.1. The minimum absolute atomic E-state index is 0.389. The summed E-state index contributed by atoms with van der Waals surface area (Å²) in [5.74, 6) is -0.945. The van der Waals surface area contributed by atoms with Crippen LogP contribution in [0.25, 0.3) is 0 Å². The molecule has 0 spiro atoms. The molecule has 2 amide bonds. The number of carbonyl (C=O) groups is 2. The molecule has 8 heteroatoms. The molecule has 0 saturated carbocycles. The van der Waals surface area contributed by atoms with E-state index in [1.807, 2.05) is 0 Å². The zero-order chi connectivity index (χ0) is 13.7. The molecule has 1 aliphatic heterocycles. The highest BCUT2D eigenvalue weighted by Gasteiger charge is 2.30. The normalized spacial score (nSPS) is 20.4. The number of hydrogen-bond donors (Lipinski definition) is 2. The third-order valence-corrected chi connectivity index (χ3v) is 3.72. The maximum absolute atomic E-state index is 12.1. The van der Waals surface area contributed by atoms with Gasteiger partial charge in [0.1, 0.15) is 11.0 Å². The second kappa shape index (κ2) is 6.46. The molecule has 2 rings (SSSR count). The number of aliphatic carboxylic acids is 1. The summed E-state index contributed by atoms with van der Waals surface area (Å²) in [6, 6.07) is -1.14. The predicted molar refractivity (Wildman–Crippen MR) is 70.1 cm³/mol. The number of nitrogens with one attached hydrogen (secondary N) is 1. The number of hydrogen-bond acceptors (Lipinski definition) is 5. The van der Waals surface area contributed by atoms with Crippen LogP contribution in [0.5, 0.6) is 0 Å². The number of likely N-dealkylation sites (tertiary alicyclic amines) is 1. The van der Waals surface area contributed by atoms with Crippen molar-refractivity contribution in [3.05, 3.63) is 6.20 Å². The number of carboxylic acids is 1. The Morgan fingerprint density at radius 1 is 1.37 bits per heavy atom. The van der Waals surface area contributed by atoms with Gasteiger partial charge < -0.3 is 10.0 Å². The maximum Gasteiger partial charge on any atom is 0.326 e. The van der Waals surface area contributed by atoms with E-state index in [0.717, 1.165) is 37.2 Å². The molecule has 2 N–H and O–H groups in total. The van der Waals surface area contributed by atoms with Gasteiger partial charge in [-0.1, -0.05) is 23.8 Å². The van der Waals surface area contributed by atoms with Crippen molar-refractivity contribution in [3.63, 3.8) is 0 Å². The van der Waals surface area contributed by atoms with Gasteiger partial charge in [0.15, 0.2) is 0 Å². The van der Waals surface area contributed by atoms with Crippen LogP contribution < -0.4 is 5.32 Å². The summed E-state index contributed by atoms with van der Waals surface area (Å²) in [5.41, 5.74) is 0. The molecular weight excluding hydrogens is 268 g/mol. The smallest absolute Gasteiger partial charge is 0.326 e. The third-order valence-electron chi connectivity index (χ3n) is 3.14. The number of carbonyl (C=O) groups excluding carboxylic acids is 1. The second-order valence-corrected chi connectivity index (χ2v) is 5.25. The fourth-order valence-corrected chi connectivity index (χ4v) is 2.59. The fraction of sp³-hybridized carbons (Fsp3) is 0.636. The first-order valence-corrected chi connectivity index (χ1v) is 7.03. The molecule has 0 aliphatic carbocycles. The van der Waals surface area contributed by atoms with Gasteiger partial charge in [0.05, 0.1) is 6.20 Å². The average Bonchev–Trinajstić information content (AvgIpc) is 2.80. The van der Waals surface area contributed by atoms with E-state index in [4.69, 9.17) is 0 Å². The predicted octanol–water partition coefficient (Wildman–Crippen LogP) is 1.79. The third kappa shape index (κ3) is 3.63. The molecule has 1 unspecified atom stereocenters. The summed E-state index contributed by atoms with van der Waals surface area (Å²) in [7, 11) is 0. The van der Waals surface area contributed by atoms with E-state index in [2.05, 4.69) is 14.9 Å². The van der Waals surface area contributed by atoms with Crippen molar-refractivity contribution in [2.75, 3.05) is 11.9 Å². The highest BCUT2D eigenvalue weighted by molar-refractivity contribution is 7.10. The molecular formula is C11H16N4O3S. The lowest BCUT2D eigenvalue weighted by molar-refractivity contribution is -0.142. The molecule has 1 fully saturated rings. The monoisotopic (exact) mass is 284 g/mol. The summed E-state index contributed by atoms with van der Waals surface area (Å²) < 4.78 is 3.65. The van der Waals surface area contributed by atoms with E-state index in [1.165, 1.54) is 11.1 Å². The van der Waals surface area contributed by atoms with Crippen LogP contribution in [0.4, 0.5) is 9.80 Å². The first-order chi connectivity index (χ1) is 9.18. The molecule has 19 heavy (non-hydrogen) atoms. The van der Waals surface area contributed by atoms with Crippen molar-refractivity contribution in [1.82, 2.24) is 14.5 Å². The summed E-state index contributed by atoms with van der Waals surface area (Å²) >= 11 is 1.07. The minimum Gasteiger partial charge on any atom is -0.480 e. The van der Waals surface area contributed by atoms with Crippen LogP contribution in [0.2, 0.25) is 0 Å². The highest BCUT2D eigenvalue weighted by Crippen LogP contribution is 2.19. The number of anilines is 1. The zero-order valence-electron chi connectivity index (χ0n) is 10.4. The molecule has 1 aromatic heterocycles. The molecule has 1 aliphatic rings. The summed E-state index contributed by atoms with van der Waals surface area (Å²) in [4.78, 5) is 24.8. The number of rotatable bonds is 2. The van der Waals surface area contributed by atoms with Crippen LogP contribution >= 0.6 is 11.5 Å². The van der Waals surface area contributed by atoms with E-state index in [1.54, 1.807) is 0 Å². The van der Waals surface area contributed by atoms with Crippen LogP contribution in [0.3, 0.4) is 0 Å². The standard InChI is InChI=1S/C11H16N4O3S/c16-10(17)8-5-3-1-2-4-6-15(8)11(18)13-9-7-12-14-19-9/h7-8H,1-6H2,(H,13,18)(H,16,17). The van der Waals surface area contributed by atoms with Crippen LogP contribution in [0.15, 0.2) is 6.20 Å². The summed E-state index contributed by atoms with van der Waals surface area (Å²) in [6.07, 6.45) is 5.67. The summed E-state index contributed by atoms with van der Waals surface area (Å²) in [5, 5.41) is 16.0. The Hall–Kier alpha value is -1.70. The van der Waals surface area contributed by atoms with E-state index in [0.29, 0.717) is 18.0 Å². The Labute approximate surface area is 114 Å². The molecule has 1 atom stereocenters. The van der Waals surface area contributed by atoms with E-state index < -0.39 is 12.0 Å². The Bertz CT molecular complexity index is 437. The molecule has 0 aromatic carbocycles. The van der Waals surface area contributed by atoms with Gasteiger partial charge in [-0.3, -0.25) is 5.32 Å². The van der Waals surface area contributed by atoms with Gasteiger partial charge in [-0.25, -0.2) is 9.59 Å². The van der Waals surface area contributed by atoms with Gasteiger partial charge in [-0.2, -0.15) is 0 Å². The second-order valence-electron chi connectivity index (χ2n) is 4.46. The van der Waals surface area contributed by atoms with Gasteiger partial charge in [0, 0.05) is 18.1 Å². The van der Waals surface area contributed by atoms with Crippen molar-refractivity contribution in [2.45, 2.75) is 38.1 Å². The van der Waals surface area contributed by atoms with Crippen LogP contribution in [-0.4, -0.2) is 44.2 Å². The fourth-order valence-electron chi connectivity index (χ4n) is 2.18. The lowest BCUT2D eigenvalue weighted by Gasteiger charge is -2.30. The van der Waals surface area contributed by atoms with Crippen LogP contribution in [0, 0.1) is 0 Å². The number of urea groups is 1. The largest absolute Gasteiger partial charge is 0.480 e. The molecule has 1 saturated heterocycles. The van der Waals surface area contributed by atoms with Gasteiger partial charge in [0.25, 0.3) is 0 Å². The van der Waals surface area contributed by atoms with Crippen molar-refractivity contribution in [3.8, 4) is 0 Å². The lowest BCUT2D eigenvalue weighted by atomic mass is 10.0. The topological polar surface area (TPSA) is 95.4 Å². The molecule has 104 valence electrons. The Morgan fingerprint density at radius 3 is 2.84 bits per heavy atom. The Kier molecular flexibility index (Phi) is 4.67. The number of aromatic nitrogens is 2. The molecule has 0 radical (unpaired) electrons. The van der Waals surface area contributed by atoms with Gasteiger partial charge >= 0.3 is 12.0 Å². The van der Waals surface area contributed by atoms with E-state index in [-0.39, 0.29) is 6.03 Å². The molecule has 1 aromatic rings. The van der Waals surface area contributed by atoms with Crippen molar-refractivity contribution in [2.24, 2.45) is 0 Å². The van der Waals surface area contributed by atoms with Crippen LogP contribution in [-0.2, 0) is 4.79 Å². The Morgan fingerprint density at radius 2 is 2.16 bits per heavy atom. The Balaban J connectivity index is 2.07. The van der Waals surface area contributed by atoms with Crippen molar-refractivity contribution < 1.29 is 14.7 Å². The number of carboxylic acid groups (broad SMARTS) is 1. The van der Waals surface area contributed by atoms with Crippen LogP contribution in [0.1, 0.15) is 32.1 Å². The van der Waals surface area contributed by atoms with E-state index in [9.17, 15) is 14.7 Å². The van der Waals surface area contributed by atoms with Gasteiger partial charge in [-0.15, -0.1) is 5.10 Å². The number of nitrogens with zero attached hydrogens (tertiary/aromatic N) is 3. The summed E-state index contributed by atoms with van der Waals surface area (Å²) in [6.45, 7) is 0.467. The van der Waals surface area contributed by atoms with E-state index >= 15 is 0 Å². The molecule has 2 heterocycles. The quantitative estimate of drug-likeness (QED) is 0.863. The van der Waals surface area contributed by atoms with Gasteiger partial charge in [0.2, 0.25) is 0 Å². The van der Waals surface area contributed by atoms with Gasteiger partial charge in [-0.05, 0) is 12.8 Å². The maximum atomic E-state index is 12.1. The molecule has 0 bridgehead atoms. The first-order valence-electron chi connectivity index (χ1n) is 6.26. The lowest BCUT2D eigenvalue weighted by Crippen LogP contribution is -2.48. The minimum atomic E-state index is -0.945. The average molecular weight is 284 g/mol. The zero-order valence-corrected chi connectivity index (χ0v) is 11.2. The van der Waals surface area contributed by atoms with Crippen molar-refractivity contribution >= 4 is 28.5 Å². The van der Waals surface area contributed by atoms with Crippen molar-refractivity contribution in [1.29, 1.82) is 0 Å². The number of amides is 2. The molecule has 7 nitrogen and oxygen atoms in total.